The highest BCUT2D eigenvalue weighted by atomic mass is 14.1. The molecule has 0 saturated heterocycles. The molecule has 0 heterocycles. The van der Waals surface area contributed by atoms with Crippen LogP contribution in [0.2, 0.25) is 0 Å². The van der Waals surface area contributed by atoms with Gasteiger partial charge >= 0.3 is 0 Å². The second-order valence-electron chi connectivity index (χ2n) is 10.7. The lowest BCUT2D eigenvalue weighted by atomic mass is 9.90. The minimum atomic E-state index is 0.684. The first-order chi connectivity index (χ1) is 13.6. The quantitative estimate of drug-likeness (QED) is 0.384. The molecule has 2 aromatic carbocycles. The monoisotopic (exact) mass is 391 g/mol. The summed E-state index contributed by atoms with van der Waals surface area (Å²) in [7, 11) is 0. The number of hydrogen-bond acceptors (Lipinski definition) is 0. The first kappa shape index (κ1) is 23.7. The Bertz CT molecular complexity index is 640. The molecule has 0 bridgehead atoms. The van der Waals surface area contributed by atoms with E-state index >= 15 is 0 Å². The predicted octanol–water partition coefficient (Wildman–Crippen LogP) is 8.08. The lowest BCUT2D eigenvalue weighted by Gasteiger charge is -2.15. The third-order valence-corrected chi connectivity index (χ3v) is 5.06. The van der Waals surface area contributed by atoms with Gasteiger partial charge in [0.25, 0.3) is 0 Å². The van der Waals surface area contributed by atoms with Crippen molar-refractivity contribution in [3.05, 3.63) is 76.2 Å². The second-order valence-corrected chi connectivity index (χ2v) is 10.7. The molecule has 0 aromatic heterocycles. The van der Waals surface area contributed by atoms with Crippen molar-refractivity contribution in [3.8, 4) is 0 Å². The molecule has 0 atom stereocenters. The van der Waals surface area contributed by atoms with E-state index in [4.69, 9.17) is 0 Å². The molecule has 0 unspecified atom stereocenters. The van der Waals surface area contributed by atoms with Crippen LogP contribution in [0.15, 0.2) is 36.4 Å². The second kappa shape index (κ2) is 11.0. The van der Waals surface area contributed by atoms with E-state index in [0.29, 0.717) is 23.7 Å². The first-order valence-corrected chi connectivity index (χ1v) is 11.7. The molecule has 0 aliphatic heterocycles. The normalized spacial score (nSPS) is 12.0. The van der Waals surface area contributed by atoms with Crippen LogP contribution in [-0.2, 0) is 25.7 Å². The van der Waals surface area contributed by atoms with Gasteiger partial charge in [-0.05, 0) is 82.7 Å². The highest BCUT2D eigenvalue weighted by Crippen LogP contribution is 2.24. The standard InChI is InChI=1S/C29H43/c1-20(2)9-24-13-25(10-21(3)4)16-28(15-24)19-29-17-26(11-22(5)6)14-27(18-29)12-23(7)8/h13-23H,9-12H2,1-8H3. The van der Waals surface area contributed by atoms with E-state index in [9.17, 15) is 0 Å². The molecule has 2 rings (SSSR count). The molecule has 0 heteroatoms. The summed E-state index contributed by atoms with van der Waals surface area (Å²) in [5, 5.41) is 0. The van der Waals surface area contributed by atoms with Gasteiger partial charge in [-0.25, -0.2) is 0 Å². The first-order valence-electron chi connectivity index (χ1n) is 11.7. The third kappa shape index (κ3) is 8.77. The lowest BCUT2D eigenvalue weighted by Crippen LogP contribution is -2.02. The van der Waals surface area contributed by atoms with Gasteiger partial charge in [0.15, 0.2) is 0 Å². The van der Waals surface area contributed by atoms with Crippen molar-refractivity contribution < 1.29 is 0 Å². The summed E-state index contributed by atoms with van der Waals surface area (Å²) in [5.74, 6) is 2.74. The largest absolute Gasteiger partial charge is 0.0625 e. The minimum absolute atomic E-state index is 0.684. The van der Waals surface area contributed by atoms with Crippen LogP contribution in [0.25, 0.3) is 0 Å². The third-order valence-electron chi connectivity index (χ3n) is 5.06. The van der Waals surface area contributed by atoms with Crippen molar-refractivity contribution in [1.29, 1.82) is 0 Å². The smallest absolute Gasteiger partial charge is 0.0199 e. The van der Waals surface area contributed by atoms with Gasteiger partial charge in [0, 0.05) is 6.42 Å². The Morgan fingerprint density at radius 1 is 0.448 bits per heavy atom. The SMILES string of the molecule is CC(C)Cc1cc([CH]c2cc(CC(C)C)cc(CC(C)C)c2)cc(CC(C)C)c1. The van der Waals surface area contributed by atoms with Crippen LogP contribution in [0.4, 0.5) is 0 Å². The molecule has 1 radical (unpaired) electrons. The van der Waals surface area contributed by atoms with E-state index in [-0.39, 0.29) is 0 Å². The Morgan fingerprint density at radius 2 is 0.690 bits per heavy atom. The van der Waals surface area contributed by atoms with Crippen molar-refractivity contribution in [2.75, 3.05) is 0 Å². The van der Waals surface area contributed by atoms with E-state index < -0.39 is 0 Å². The fourth-order valence-electron chi connectivity index (χ4n) is 4.30. The van der Waals surface area contributed by atoms with Gasteiger partial charge in [-0.2, -0.15) is 0 Å². The Hall–Kier alpha value is -1.56. The van der Waals surface area contributed by atoms with E-state index in [2.05, 4.69) is 98.2 Å². The summed E-state index contributed by atoms with van der Waals surface area (Å²) in [5.41, 5.74) is 8.62. The van der Waals surface area contributed by atoms with Crippen LogP contribution >= 0.6 is 0 Å². The van der Waals surface area contributed by atoms with Crippen LogP contribution in [-0.4, -0.2) is 0 Å². The zero-order chi connectivity index (χ0) is 21.6. The summed E-state index contributed by atoms with van der Waals surface area (Å²) in [4.78, 5) is 0. The van der Waals surface area contributed by atoms with Gasteiger partial charge in [0.05, 0.1) is 0 Å². The maximum absolute atomic E-state index is 2.43. The number of benzene rings is 2. The molecule has 0 saturated carbocycles. The Balaban J connectivity index is 2.36. The van der Waals surface area contributed by atoms with Gasteiger partial charge in [-0.1, -0.05) is 91.8 Å². The Morgan fingerprint density at radius 3 is 0.897 bits per heavy atom. The van der Waals surface area contributed by atoms with E-state index in [1.54, 1.807) is 0 Å². The van der Waals surface area contributed by atoms with Crippen LogP contribution in [0.1, 0.15) is 88.8 Å². The Labute approximate surface area is 181 Å². The van der Waals surface area contributed by atoms with Crippen molar-refractivity contribution >= 4 is 0 Å². The lowest BCUT2D eigenvalue weighted by molar-refractivity contribution is 0.635. The maximum Gasteiger partial charge on any atom is 0.0199 e. The molecule has 29 heavy (non-hydrogen) atoms. The number of hydrogen-bond donors (Lipinski definition) is 0. The fourth-order valence-corrected chi connectivity index (χ4v) is 4.30. The molecule has 0 aliphatic rings. The Kier molecular flexibility index (Phi) is 9.00. The molecule has 0 spiro atoms. The van der Waals surface area contributed by atoms with E-state index in [1.165, 1.54) is 33.4 Å². The highest BCUT2D eigenvalue weighted by Gasteiger charge is 2.10. The van der Waals surface area contributed by atoms with Gasteiger partial charge in [-0.15, -0.1) is 0 Å². The van der Waals surface area contributed by atoms with Crippen molar-refractivity contribution in [1.82, 2.24) is 0 Å². The minimum Gasteiger partial charge on any atom is -0.0625 e. The molecule has 0 aliphatic carbocycles. The summed E-state index contributed by atoms with van der Waals surface area (Å²) in [6.45, 7) is 18.5. The molecule has 0 amide bonds. The molecule has 0 N–H and O–H groups in total. The van der Waals surface area contributed by atoms with E-state index in [0.717, 1.165) is 25.7 Å². The highest BCUT2D eigenvalue weighted by molar-refractivity contribution is 5.44. The van der Waals surface area contributed by atoms with Gasteiger partial charge in [-0.3, -0.25) is 0 Å². The van der Waals surface area contributed by atoms with Crippen molar-refractivity contribution in [2.24, 2.45) is 23.7 Å². The van der Waals surface area contributed by atoms with Crippen LogP contribution < -0.4 is 0 Å². The topological polar surface area (TPSA) is 0 Å². The summed E-state index contributed by atoms with van der Waals surface area (Å²) >= 11 is 0. The summed E-state index contributed by atoms with van der Waals surface area (Å²) in [6, 6.07) is 14.5. The zero-order valence-electron chi connectivity index (χ0n) is 20.2. The molecule has 0 fully saturated rings. The molecular formula is C29H43. The van der Waals surface area contributed by atoms with Crippen LogP contribution in [0, 0.1) is 30.1 Å². The van der Waals surface area contributed by atoms with Crippen molar-refractivity contribution in [3.63, 3.8) is 0 Å². The molecule has 0 nitrogen and oxygen atoms in total. The van der Waals surface area contributed by atoms with Gasteiger partial charge in [0.2, 0.25) is 0 Å². The predicted molar refractivity (Wildman–Crippen MR) is 130 cm³/mol. The molecular weight excluding hydrogens is 348 g/mol. The van der Waals surface area contributed by atoms with Crippen LogP contribution in [0.5, 0.6) is 0 Å². The molecule has 2 aromatic rings. The van der Waals surface area contributed by atoms with Gasteiger partial charge in [0.1, 0.15) is 0 Å². The number of rotatable bonds is 10. The summed E-state index contributed by atoms with van der Waals surface area (Å²) in [6.07, 6.45) is 7.01. The summed E-state index contributed by atoms with van der Waals surface area (Å²) < 4.78 is 0. The zero-order valence-corrected chi connectivity index (χ0v) is 20.2. The average Bonchev–Trinajstić information content (AvgIpc) is 2.51. The average molecular weight is 392 g/mol. The molecule has 159 valence electrons. The van der Waals surface area contributed by atoms with Crippen molar-refractivity contribution in [2.45, 2.75) is 81.1 Å². The van der Waals surface area contributed by atoms with Gasteiger partial charge < -0.3 is 0 Å². The van der Waals surface area contributed by atoms with Crippen LogP contribution in [0.3, 0.4) is 0 Å². The van der Waals surface area contributed by atoms with E-state index in [1.807, 2.05) is 0 Å². The maximum atomic E-state index is 2.43. The fraction of sp³-hybridized carbons (Fsp3) is 0.552.